The van der Waals surface area contributed by atoms with Crippen LogP contribution in [0.3, 0.4) is 0 Å². The predicted octanol–water partition coefficient (Wildman–Crippen LogP) is 2.69. The van der Waals surface area contributed by atoms with E-state index in [4.69, 9.17) is 21.8 Å². The van der Waals surface area contributed by atoms with E-state index in [-0.39, 0.29) is 33.9 Å². The Hall–Kier alpha value is -2.94. The lowest BCUT2D eigenvalue weighted by Gasteiger charge is -2.13. The Labute approximate surface area is 138 Å². The first-order valence-corrected chi connectivity index (χ1v) is 6.95. The second kappa shape index (κ2) is 5.93. The summed E-state index contributed by atoms with van der Waals surface area (Å²) in [5, 5.41) is 9.84. The number of nitrogens with two attached hydrogens (primary N) is 1. The third kappa shape index (κ3) is 2.81. The van der Waals surface area contributed by atoms with E-state index in [1.165, 1.54) is 25.4 Å². The quantitative estimate of drug-likeness (QED) is 0.751. The van der Waals surface area contributed by atoms with Crippen molar-refractivity contribution in [2.45, 2.75) is 0 Å². The van der Waals surface area contributed by atoms with Crippen LogP contribution in [-0.4, -0.2) is 14.8 Å². The lowest BCUT2D eigenvalue weighted by atomic mass is 10.2. The largest absolute Gasteiger partial charge is 0.403 e. The summed E-state index contributed by atoms with van der Waals surface area (Å²) in [6.07, 6.45) is 1.27. The van der Waals surface area contributed by atoms with E-state index in [1.54, 1.807) is 0 Å². The topological polar surface area (TPSA) is 99.0 Å². The molecule has 10 heteroatoms. The van der Waals surface area contributed by atoms with Crippen LogP contribution in [0, 0.1) is 11.6 Å². The summed E-state index contributed by atoms with van der Waals surface area (Å²) in [5.74, 6) is -1.99. The third-order valence-corrected chi connectivity index (χ3v) is 3.42. The van der Waals surface area contributed by atoms with E-state index in [1.807, 2.05) is 0 Å². The molecule has 0 aliphatic rings. The van der Waals surface area contributed by atoms with Crippen LogP contribution in [0.2, 0.25) is 5.02 Å². The molecule has 0 aliphatic carbocycles. The number of nitrogens with one attached hydrogen (secondary N) is 1. The Morgan fingerprint density at radius 1 is 1.33 bits per heavy atom. The number of nitrogen functional groups attached to an aromatic ring is 1. The van der Waals surface area contributed by atoms with Gasteiger partial charge in [0.1, 0.15) is 5.82 Å². The van der Waals surface area contributed by atoms with E-state index in [0.717, 1.165) is 10.6 Å². The van der Waals surface area contributed by atoms with Crippen molar-refractivity contribution in [3.05, 3.63) is 51.4 Å². The van der Waals surface area contributed by atoms with Gasteiger partial charge in [-0.15, -0.1) is 5.10 Å². The SMILES string of the molecule is Cn1cc(-c2nnc(N)o2)c(Nc2ccc(Cl)cc2F)c(F)c1=O. The summed E-state index contributed by atoms with van der Waals surface area (Å²) in [6, 6.07) is 3.53. The van der Waals surface area contributed by atoms with E-state index in [2.05, 4.69) is 15.5 Å². The number of hydrogen-bond donors (Lipinski definition) is 2. The number of nitrogens with zero attached hydrogens (tertiary/aromatic N) is 3. The van der Waals surface area contributed by atoms with E-state index in [0.29, 0.717) is 0 Å². The van der Waals surface area contributed by atoms with Crippen molar-refractivity contribution in [3.8, 4) is 11.5 Å². The fraction of sp³-hybridized carbons (Fsp3) is 0.0714. The molecular weight excluding hydrogens is 344 g/mol. The van der Waals surface area contributed by atoms with Crippen molar-refractivity contribution in [1.82, 2.24) is 14.8 Å². The molecule has 0 unspecified atom stereocenters. The minimum absolute atomic E-state index is 0.0492. The molecule has 0 amide bonds. The van der Waals surface area contributed by atoms with Crippen molar-refractivity contribution in [2.75, 3.05) is 11.1 Å². The summed E-state index contributed by atoms with van der Waals surface area (Å²) in [6.45, 7) is 0. The zero-order valence-electron chi connectivity index (χ0n) is 12.2. The van der Waals surface area contributed by atoms with Gasteiger partial charge < -0.3 is 20.0 Å². The molecule has 0 radical (unpaired) electrons. The molecule has 0 atom stereocenters. The first-order chi connectivity index (χ1) is 11.4. The first kappa shape index (κ1) is 15.9. The van der Waals surface area contributed by atoms with Crippen LogP contribution < -0.4 is 16.6 Å². The molecule has 2 aromatic heterocycles. The van der Waals surface area contributed by atoms with Crippen molar-refractivity contribution in [1.29, 1.82) is 0 Å². The Morgan fingerprint density at radius 2 is 2.08 bits per heavy atom. The van der Waals surface area contributed by atoms with Crippen LogP contribution in [0.4, 0.5) is 26.2 Å². The summed E-state index contributed by atoms with van der Waals surface area (Å²) in [4.78, 5) is 11.8. The van der Waals surface area contributed by atoms with E-state index >= 15 is 0 Å². The number of rotatable bonds is 3. The van der Waals surface area contributed by atoms with Gasteiger partial charge in [-0.1, -0.05) is 16.7 Å². The molecule has 0 saturated heterocycles. The molecular formula is C14H10ClF2N5O2. The number of benzene rings is 1. The molecule has 0 aliphatic heterocycles. The molecule has 0 spiro atoms. The van der Waals surface area contributed by atoms with Crippen LogP contribution in [0.5, 0.6) is 0 Å². The Balaban J connectivity index is 2.18. The van der Waals surface area contributed by atoms with Crippen LogP contribution in [0.15, 0.2) is 33.6 Å². The smallest absolute Gasteiger partial charge is 0.313 e. The van der Waals surface area contributed by atoms with Crippen molar-refractivity contribution >= 4 is 29.0 Å². The average molecular weight is 354 g/mol. The lowest BCUT2D eigenvalue weighted by Crippen LogP contribution is -2.22. The van der Waals surface area contributed by atoms with Gasteiger partial charge in [-0.05, 0) is 18.2 Å². The molecule has 3 aromatic rings. The molecule has 24 heavy (non-hydrogen) atoms. The Morgan fingerprint density at radius 3 is 2.71 bits per heavy atom. The fourth-order valence-corrected chi connectivity index (χ4v) is 2.21. The van der Waals surface area contributed by atoms with Gasteiger partial charge >= 0.3 is 6.01 Å². The van der Waals surface area contributed by atoms with Crippen LogP contribution in [0.1, 0.15) is 0 Å². The Bertz CT molecular complexity index is 986. The highest BCUT2D eigenvalue weighted by molar-refractivity contribution is 6.30. The zero-order valence-corrected chi connectivity index (χ0v) is 12.9. The monoisotopic (exact) mass is 353 g/mol. The minimum atomic E-state index is -1.14. The molecule has 2 heterocycles. The third-order valence-electron chi connectivity index (χ3n) is 3.18. The predicted molar refractivity (Wildman–Crippen MR) is 84.0 cm³/mol. The molecule has 3 N–H and O–H groups in total. The van der Waals surface area contributed by atoms with Gasteiger partial charge in [0.25, 0.3) is 11.4 Å². The Kier molecular flexibility index (Phi) is 3.94. The van der Waals surface area contributed by atoms with Gasteiger partial charge in [0.2, 0.25) is 5.82 Å². The number of anilines is 3. The van der Waals surface area contributed by atoms with E-state index in [9.17, 15) is 13.6 Å². The maximum absolute atomic E-state index is 14.4. The molecule has 1 aromatic carbocycles. The number of aryl methyl sites for hydroxylation is 1. The highest BCUT2D eigenvalue weighted by atomic mass is 35.5. The summed E-state index contributed by atoms with van der Waals surface area (Å²) in [7, 11) is 1.35. The van der Waals surface area contributed by atoms with Gasteiger partial charge in [-0.2, -0.15) is 4.39 Å². The standard InChI is InChI=1S/C14H10ClF2N5O2/c1-22-5-7(12-20-21-14(18)24-12)11(10(17)13(22)23)19-9-3-2-6(15)4-8(9)16/h2-5,19H,1H3,(H2,18,21). The van der Waals surface area contributed by atoms with Gasteiger partial charge in [0.15, 0.2) is 0 Å². The summed E-state index contributed by atoms with van der Waals surface area (Å²) >= 11 is 5.68. The molecule has 7 nitrogen and oxygen atoms in total. The highest BCUT2D eigenvalue weighted by Gasteiger charge is 2.21. The molecule has 124 valence electrons. The molecule has 3 rings (SSSR count). The molecule has 0 fully saturated rings. The molecule has 0 saturated carbocycles. The summed E-state index contributed by atoms with van der Waals surface area (Å²) < 4.78 is 34.5. The second-order valence-corrected chi connectivity index (χ2v) is 5.28. The van der Waals surface area contributed by atoms with Gasteiger partial charge in [0, 0.05) is 18.3 Å². The van der Waals surface area contributed by atoms with Crippen molar-refractivity contribution in [2.24, 2.45) is 7.05 Å². The number of pyridine rings is 1. The van der Waals surface area contributed by atoms with Crippen LogP contribution in [-0.2, 0) is 7.05 Å². The fourth-order valence-electron chi connectivity index (χ4n) is 2.05. The second-order valence-electron chi connectivity index (χ2n) is 4.84. The average Bonchev–Trinajstić information content (AvgIpc) is 2.96. The van der Waals surface area contributed by atoms with Crippen LogP contribution in [0.25, 0.3) is 11.5 Å². The molecule has 0 bridgehead atoms. The minimum Gasteiger partial charge on any atom is -0.403 e. The first-order valence-electron chi connectivity index (χ1n) is 6.57. The number of hydrogen-bond acceptors (Lipinski definition) is 6. The van der Waals surface area contributed by atoms with Gasteiger partial charge in [0.05, 0.1) is 16.9 Å². The zero-order chi connectivity index (χ0) is 17.4. The van der Waals surface area contributed by atoms with Gasteiger partial charge in [-0.25, -0.2) is 4.39 Å². The summed E-state index contributed by atoms with van der Waals surface area (Å²) in [5.41, 5.74) is 4.10. The highest BCUT2D eigenvalue weighted by Crippen LogP contribution is 2.32. The van der Waals surface area contributed by atoms with Crippen molar-refractivity contribution < 1.29 is 13.2 Å². The normalized spacial score (nSPS) is 10.8. The van der Waals surface area contributed by atoms with Crippen molar-refractivity contribution in [3.63, 3.8) is 0 Å². The maximum atomic E-state index is 14.4. The van der Waals surface area contributed by atoms with Crippen LogP contribution >= 0.6 is 11.6 Å². The number of aromatic nitrogens is 3. The van der Waals surface area contributed by atoms with E-state index < -0.39 is 17.2 Å². The number of halogens is 3. The lowest BCUT2D eigenvalue weighted by molar-refractivity contribution is 0.577. The van der Waals surface area contributed by atoms with Gasteiger partial charge in [-0.3, -0.25) is 4.79 Å². The maximum Gasteiger partial charge on any atom is 0.313 e.